The van der Waals surface area contributed by atoms with E-state index in [2.05, 4.69) is 0 Å². The van der Waals surface area contributed by atoms with Crippen molar-refractivity contribution in [3.05, 3.63) is 65.7 Å². The van der Waals surface area contributed by atoms with E-state index < -0.39 is 17.9 Å². The van der Waals surface area contributed by atoms with Gasteiger partial charge in [0.25, 0.3) is 0 Å². The lowest BCUT2D eigenvalue weighted by atomic mass is 10.1. The highest BCUT2D eigenvalue weighted by Gasteiger charge is 2.15. The lowest BCUT2D eigenvalue weighted by Crippen LogP contribution is -2.40. The van der Waals surface area contributed by atoms with Crippen LogP contribution in [-0.2, 0) is 22.6 Å². The number of aliphatic carboxylic acids is 1. The van der Waals surface area contributed by atoms with Gasteiger partial charge in [-0.05, 0) is 42.5 Å². The van der Waals surface area contributed by atoms with Crippen molar-refractivity contribution in [3.8, 4) is 5.75 Å². The minimum Gasteiger partial charge on any atom is -0.489 e. The maximum Gasteiger partial charge on any atom is 0.303 e. The number of ether oxygens (including phenoxy) is 1. The van der Waals surface area contributed by atoms with Gasteiger partial charge in [0, 0.05) is 18.9 Å². The van der Waals surface area contributed by atoms with Crippen LogP contribution >= 0.6 is 0 Å². The summed E-state index contributed by atoms with van der Waals surface area (Å²) in [5.74, 6) is -0.584. The molecule has 0 spiro atoms. The molecular formula is C22H28N2O5. The summed E-state index contributed by atoms with van der Waals surface area (Å²) in [5.41, 5.74) is 8.12. The standard InChI is InChI=1S/C22H28N2O5/c23-19(15-24(28)21(25)8-4-5-9-22(26)27)14-17-10-12-20(13-11-17)29-16-18-6-2-1-3-7-18/h1-3,6-7,10-13,19,28H,4-5,8-9,14-16,23H2,(H,26,27). The number of amides is 1. The third-order valence-corrected chi connectivity index (χ3v) is 4.40. The molecule has 2 aromatic carbocycles. The van der Waals surface area contributed by atoms with Gasteiger partial charge in [0.05, 0.1) is 6.54 Å². The van der Waals surface area contributed by atoms with Crippen LogP contribution in [0.5, 0.6) is 5.75 Å². The molecule has 0 saturated heterocycles. The third-order valence-electron chi connectivity index (χ3n) is 4.40. The van der Waals surface area contributed by atoms with Crippen molar-refractivity contribution in [1.82, 2.24) is 5.06 Å². The first-order valence-corrected chi connectivity index (χ1v) is 9.66. The lowest BCUT2D eigenvalue weighted by Gasteiger charge is -2.20. The number of carboxylic acid groups (broad SMARTS) is 1. The first kappa shape index (κ1) is 22.4. The summed E-state index contributed by atoms with van der Waals surface area (Å²) in [7, 11) is 0. The van der Waals surface area contributed by atoms with Gasteiger partial charge < -0.3 is 15.6 Å². The van der Waals surface area contributed by atoms with E-state index in [1.807, 2.05) is 54.6 Å². The fraction of sp³-hybridized carbons (Fsp3) is 0.364. The van der Waals surface area contributed by atoms with Crippen LogP contribution in [0.1, 0.15) is 36.8 Å². The SMILES string of the molecule is NC(Cc1ccc(OCc2ccccc2)cc1)CN(O)C(=O)CCCCC(=O)O. The highest BCUT2D eigenvalue weighted by Crippen LogP contribution is 2.15. The molecule has 0 fully saturated rings. The van der Waals surface area contributed by atoms with Crippen molar-refractivity contribution in [1.29, 1.82) is 0 Å². The van der Waals surface area contributed by atoms with Gasteiger partial charge in [-0.3, -0.25) is 14.8 Å². The maximum absolute atomic E-state index is 11.9. The second-order valence-corrected chi connectivity index (χ2v) is 6.96. The Morgan fingerprint density at radius 1 is 0.966 bits per heavy atom. The zero-order chi connectivity index (χ0) is 21.1. The number of hydrogen-bond donors (Lipinski definition) is 3. The number of carboxylic acids is 1. The zero-order valence-corrected chi connectivity index (χ0v) is 16.4. The van der Waals surface area contributed by atoms with Crippen molar-refractivity contribution in [2.24, 2.45) is 5.73 Å². The molecule has 156 valence electrons. The van der Waals surface area contributed by atoms with E-state index >= 15 is 0 Å². The molecule has 0 saturated carbocycles. The minimum absolute atomic E-state index is 0.0171. The van der Waals surface area contributed by atoms with Crippen molar-refractivity contribution in [2.75, 3.05) is 6.54 Å². The second-order valence-electron chi connectivity index (χ2n) is 6.96. The molecular weight excluding hydrogens is 372 g/mol. The molecule has 1 atom stereocenters. The van der Waals surface area contributed by atoms with Crippen LogP contribution in [0.4, 0.5) is 0 Å². The summed E-state index contributed by atoms with van der Waals surface area (Å²) in [4.78, 5) is 22.3. The normalized spacial score (nSPS) is 11.7. The molecule has 0 heterocycles. The monoisotopic (exact) mass is 400 g/mol. The van der Waals surface area contributed by atoms with Crippen molar-refractivity contribution >= 4 is 11.9 Å². The summed E-state index contributed by atoms with van der Waals surface area (Å²) >= 11 is 0. The predicted molar refractivity (Wildman–Crippen MR) is 108 cm³/mol. The average molecular weight is 400 g/mol. The summed E-state index contributed by atoms with van der Waals surface area (Å²) in [6.07, 6.45) is 1.44. The van der Waals surface area contributed by atoms with Crippen LogP contribution in [-0.4, -0.2) is 39.8 Å². The number of hydrogen-bond acceptors (Lipinski definition) is 5. The van der Waals surface area contributed by atoms with Gasteiger partial charge in [0.1, 0.15) is 12.4 Å². The number of hydroxylamine groups is 2. The molecule has 0 aliphatic rings. The van der Waals surface area contributed by atoms with Gasteiger partial charge in [-0.1, -0.05) is 42.5 Å². The van der Waals surface area contributed by atoms with Crippen molar-refractivity contribution in [2.45, 2.75) is 44.8 Å². The van der Waals surface area contributed by atoms with Crippen molar-refractivity contribution < 1.29 is 24.6 Å². The Morgan fingerprint density at radius 3 is 2.28 bits per heavy atom. The smallest absolute Gasteiger partial charge is 0.303 e. The number of rotatable bonds is 12. The van der Waals surface area contributed by atoms with Crippen LogP contribution in [0.2, 0.25) is 0 Å². The Labute approximate surface area is 170 Å². The van der Waals surface area contributed by atoms with E-state index in [0.717, 1.165) is 16.9 Å². The minimum atomic E-state index is -0.892. The molecule has 1 amide bonds. The Kier molecular flexibility index (Phi) is 9.14. The first-order chi connectivity index (χ1) is 13.9. The van der Waals surface area contributed by atoms with Gasteiger partial charge in [-0.15, -0.1) is 0 Å². The van der Waals surface area contributed by atoms with Crippen LogP contribution in [0.3, 0.4) is 0 Å². The summed E-state index contributed by atoms with van der Waals surface area (Å²) < 4.78 is 5.75. The predicted octanol–water partition coefficient (Wildman–Crippen LogP) is 3.00. The van der Waals surface area contributed by atoms with E-state index in [9.17, 15) is 14.8 Å². The molecule has 29 heavy (non-hydrogen) atoms. The summed E-state index contributed by atoms with van der Waals surface area (Å²) in [5, 5.41) is 19.1. The first-order valence-electron chi connectivity index (χ1n) is 9.66. The molecule has 7 nitrogen and oxygen atoms in total. The quantitative estimate of drug-likeness (QED) is 0.287. The van der Waals surface area contributed by atoms with Crippen molar-refractivity contribution in [3.63, 3.8) is 0 Å². The van der Waals surface area contributed by atoms with Gasteiger partial charge in [0.15, 0.2) is 0 Å². The average Bonchev–Trinajstić information content (AvgIpc) is 2.71. The van der Waals surface area contributed by atoms with E-state index in [0.29, 0.717) is 30.9 Å². The molecule has 0 aliphatic heterocycles. The Morgan fingerprint density at radius 2 is 1.62 bits per heavy atom. The fourth-order valence-corrected chi connectivity index (χ4v) is 2.84. The summed E-state index contributed by atoms with van der Waals surface area (Å²) in [6, 6.07) is 17.0. The van der Waals surface area contributed by atoms with E-state index in [-0.39, 0.29) is 19.4 Å². The number of carbonyl (C=O) groups is 2. The highest BCUT2D eigenvalue weighted by molar-refractivity contribution is 5.75. The number of unbranched alkanes of at least 4 members (excludes halogenated alkanes) is 1. The molecule has 0 bridgehead atoms. The van der Waals surface area contributed by atoms with Crippen LogP contribution in [0.25, 0.3) is 0 Å². The maximum atomic E-state index is 11.9. The molecule has 0 aliphatic carbocycles. The Hall–Kier alpha value is -2.90. The topological polar surface area (TPSA) is 113 Å². The Balaban J connectivity index is 1.71. The number of nitrogens with zero attached hydrogens (tertiary/aromatic N) is 1. The van der Waals surface area contributed by atoms with Gasteiger partial charge in [0.2, 0.25) is 5.91 Å². The van der Waals surface area contributed by atoms with Gasteiger partial charge >= 0.3 is 5.97 Å². The lowest BCUT2D eigenvalue weighted by molar-refractivity contribution is -0.166. The summed E-state index contributed by atoms with van der Waals surface area (Å²) in [6.45, 7) is 0.512. The Bertz CT molecular complexity index is 765. The molecule has 1 unspecified atom stereocenters. The van der Waals surface area contributed by atoms with E-state index in [1.165, 1.54) is 0 Å². The molecule has 2 rings (SSSR count). The fourth-order valence-electron chi connectivity index (χ4n) is 2.84. The number of carbonyl (C=O) groups excluding carboxylic acids is 1. The zero-order valence-electron chi connectivity index (χ0n) is 16.4. The molecule has 0 radical (unpaired) electrons. The second kappa shape index (κ2) is 11.8. The van der Waals surface area contributed by atoms with E-state index in [4.69, 9.17) is 15.6 Å². The molecule has 4 N–H and O–H groups in total. The molecule has 2 aromatic rings. The highest BCUT2D eigenvalue weighted by atomic mass is 16.5. The molecule has 0 aromatic heterocycles. The van der Waals surface area contributed by atoms with Gasteiger partial charge in [-0.2, -0.15) is 0 Å². The number of nitrogens with two attached hydrogens (primary N) is 1. The largest absolute Gasteiger partial charge is 0.489 e. The number of benzene rings is 2. The van der Waals surface area contributed by atoms with Crippen LogP contribution in [0, 0.1) is 0 Å². The van der Waals surface area contributed by atoms with Crippen LogP contribution < -0.4 is 10.5 Å². The molecule has 7 heteroatoms. The van der Waals surface area contributed by atoms with E-state index in [1.54, 1.807) is 0 Å². The van der Waals surface area contributed by atoms with Crippen LogP contribution in [0.15, 0.2) is 54.6 Å². The third kappa shape index (κ3) is 8.76. The van der Waals surface area contributed by atoms with Gasteiger partial charge in [-0.25, -0.2) is 5.06 Å².